The summed E-state index contributed by atoms with van der Waals surface area (Å²) in [4.78, 5) is 25.1. The zero-order valence-corrected chi connectivity index (χ0v) is 16.8. The summed E-state index contributed by atoms with van der Waals surface area (Å²) in [5.74, 6) is -0.770. The first kappa shape index (κ1) is 20.3. The molecule has 0 aliphatic heterocycles. The first-order valence-electron chi connectivity index (χ1n) is 8.11. The van der Waals surface area contributed by atoms with Crippen molar-refractivity contribution in [2.24, 2.45) is 7.05 Å². The predicted molar refractivity (Wildman–Crippen MR) is 109 cm³/mol. The van der Waals surface area contributed by atoms with Crippen LogP contribution in [0.1, 0.15) is 0 Å². The predicted octanol–water partition coefficient (Wildman–Crippen LogP) is 1.71. The monoisotopic (exact) mass is 502 g/mol. The molecule has 28 heavy (non-hydrogen) atoms. The van der Waals surface area contributed by atoms with Gasteiger partial charge in [-0.3, -0.25) is 14.2 Å². The topological polar surface area (TPSA) is 114 Å². The van der Waals surface area contributed by atoms with Crippen molar-refractivity contribution in [3.05, 3.63) is 60.5 Å². The van der Waals surface area contributed by atoms with Crippen molar-refractivity contribution in [3.63, 3.8) is 0 Å². The molecule has 3 aromatic rings. The molecule has 0 aliphatic rings. The third kappa shape index (κ3) is 4.03. The Morgan fingerprint density at radius 2 is 2.07 bits per heavy atom. The van der Waals surface area contributed by atoms with E-state index in [4.69, 9.17) is 14.3 Å². The highest BCUT2D eigenvalue weighted by molar-refractivity contribution is 14.1. The van der Waals surface area contributed by atoms with Crippen LogP contribution in [0.4, 0.5) is 15.8 Å². The van der Waals surface area contributed by atoms with Gasteiger partial charge in [-0.2, -0.15) is 0 Å². The molecule has 10 heteroatoms. The van der Waals surface area contributed by atoms with Gasteiger partial charge in [0.1, 0.15) is 30.2 Å². The summed E-state index contributed by atoms with van der Waals surface area (Å²) in [6.45, 7) is -0.862. The molecule has 0 saturated heterocycles. The van der Waals surface area contributed by atoms with Crippen LogP contribution in [0.2, 0.25) is 0 Å². The van der Waals surface area contributed by atoms with Gasteiger partial charge in [0.15, 0.2) is 0 Å². The molecule has 0 bridgehead atoms. The number of ether oxygens (including phenoxy) is 1. The molecule has 0 unspecified atom stereocenters. The Hall–Kier alpha value is -2.44. The number of aliphatic hydroxyl groups is 2. The standard InChI is InChI=1S/C18H16FIN2O6/c1-22-15(25)5-13(21-12-3-2-9(20)4-11(12)19)16-17(26)14(8-28-18(16)22)27-7-10(24)6-23/h2-5,8,10,21,23-24H,6-7H2,1H3/t10-/m1/s1. The summed E-state index contributed by atoms with van der Waals surface area (Å²) >= 11 is 1.96. The first-order valence-corrected chi connectivity index (χ1v) is 9.19. The number of aryl methyl sites for hydroxylation is 1. The molecule has 0 aliphatic carbocycles. The molecule has 0 spiro atoms. The van der Waals surface area contributed by atoms with Crippen LogP contribution in [0.15, 0.2) is 44.5 Å². The number of pyridine rings is 1. The second-order valence-electron chi connectivity index (χ2n) is 5.96. The maximum Gasteiger partial charge on any atom is 0.255 e. The van der Waals surface area contributed by atoms with Gasteiger partial charge in [-0.05, 0) is 40.8 Å². The third-order valence-electron chi connectivity index (χ3n) is 3.96. The quantitative estimate of drug-likeness (QED) is 0.440. The molecular weight excluding hydrogens is 486 g/mol. The highest BCUT2D eigenvalue weighted by Crippen LogP contribution is 2.26. The number of anilines is 2. The average Bonchev–Trinajstić information content (AvgIpc) is 2.66. The van der Waals surface area contributed by atoms with Gasteiger partial charge in [-0.15, -0.1) is 0 Å². The van der Waals surface area contributed by atoms with Crippen LogP contribution >= 0.6 is 22.6 Å². The molecule has 0 radical (unpaired) electrons. The fourth-order valence-corrected chi connectivity index (χ4v) is 2.94. The number of hydrogen-bond acceptors (Lipinski definition) is 7. The van der Waals surface area contributed by atoms with E-state index in [-0.39, 0.29) is 34.8 Å². The lowest BCUT2D eigenvalue weighted by Crippen LogP contribution is -2.24. The van der Waals surface area contributed by atoms with E-state index in [2.05, 4.69) is 5.32 Å². The van der Waals surface area contributed by atoms with Crippen LogP contribution in [0.5, 0.6) is 5.75 Å². The van der Waals surface area contributed by atoms with Crippen molar-refractivity contribution in [1.29, 1.82) is 0 Å². The maximum atomic E-state index is 14.2. The van der Waals surface area contributed by atoms with E-state index in [0.29, 0.717) is 3.57 Å². The Morgan fingerprint density at radius 3 is 2.75 bits per heavy atom. The van der Waals surface area contributed by atoms with Gasteiger partial charge in [-0.25, -0.2) is 4.39 Å². The molecule has 1 atom stereocenters. The van der Waals surface area contributed by atoms with E-state index in [9.17, 15) is 19.1 Å². The highest BCUT2D eigenvalue weighted by atomic mass is 127. The van der Waals surface area contributed by atoms with Crippen LogP contribution in [-0.2, 0) is 7.05 Å². The molecule has 1 aromatic carbocycles. The van der Waals surface area contributed by atoms with Gasteiger partial charge in [-0.1, -0.05) is 0 Å². The van der Waals surface area contributed by atoms with Gasteiger partial charge in [0.2, 0.25) is 16.9 Å². The Labute approximate surface area is 171 Å². The molecule has 2 aromatic heterocycles. The van der Waals surface area contributed by atoms with E-state index in [1.807, 2.05) is 22.6 Å². The van der Waals surface area contributed by atoms with Gasteiger partial charge in [0.25, 0.3) is 5.56 Å². The van der Waals surface area contributed by atoms with Gasteiger partial charge >= 0.3 is 0 Å². The highest BCUT2D eigenvalue weighted by Gasteiger charge is 2.18. The van der Waals surface area contributed by atoms with Gasteiger partial charge < -0.3 is 24.7 Å². The number of hydrogen-bond donors (Lipinski definition) is 3. The molecule has 8 nitrogen and oxygen atoms in total. The third-order valence-corrected chi connectivity index (χ3v) is 4.63. The molecule has 0 amide bonds. The van der Waals surface area contributed by atoms with Crippen LogP contribution in [0.3, 0.4) is 0 Å². The van der Waals surface area contributed by atoms with Crippen molar-refractivity contribution in [3.8, 4) is 5.75 Å². The Bertz CT molecular complexity index is 1140. The molecular formula is C18H16FIN2O6. The number of nitrogens with zero attached hydrogens (tertiary/aromatic N) is 1. The van der Waals surface area contributed by atoms with Gasteiger partial charge in [0, 0.05) is 16.7 Å². The Morgan fingerprint density at radius 1 is 1.32 bits per heavy atom. The van der Waals surface area contributed by atoms with Crippen LogP contribution in [0, 0.1) is 9.39 Å². The maximum absolute atomic E-state index is 14.2. The summed E-state index contributed by atoms with van der Waals surface area (Å²) in [5, 5.41) is 21.0. The number of nitrogens with one attached hydrogen (secondary N) is 1. The fourth-order valence-electron chi connectivity index (χ4n) is 2.49. The van der Waals surface area contributed by atoms with E-state index in [1.54, 1.807) is 6.07 Å². The largest absolute Gasteiger partial charge is 0.484 e. The van der Waals surface area contributed by atoms with Crippen LogP contribution in [0.25, 0.3) is 11.1 Å². The van der Waals surface area contributed by atoms with Crippen molar-refractivity contribution in [2.45, 2.75) is 6.10 Å². The molecule has 3 N–H and O–H groups in total. The lowest BCUT2D eigenvalue weighted by Gasteiger charge is -2.13. The minimum Gasteiger partial charge on any atom is -0.484 e. The smallest absolute Gasteiger partial charge is 0.255 e. The van der Waals surface area contributed by atoms with Crippen molar-refractivity contribution < 1.29 is 23.8 Å². The normalized spacial score (nSPS) is 12.2. The van der Waals surface area contributed by atoms with Crippen LogP contribution in [-0.4, -0.2) is 34.1 Å². The SMILES string of the molecule is Cn1c(=O)cc(Nc2ccc(I)cc2F)c2c(=O)c(OC[C@H](O)CO)coc21. The number of aromatic nitrogens is 1. The van der Waals surface area contributed by atoms with Gasteiger partial charge in [0.05, 0.1) is 18.0 Å². The molecule has 0 saturated carbocycles. The fraction of sp³-hybridized carbons (Fsp3) is 0.222. The Kier molecular flexibility index (Phi) is 6.01. The van der Waals surface area contributed by atoms with E-state index >= 15 is 0 Å². The summed E-state index contributed by atoms with van der Waals surface area (Å²) < 4.78 is 26.6. The zero-order valence-electron chi connectivity index (χ0n) is 14.6. The van der Waals surface area contributed by atoms with E-state index in [1.165, 1.54) is 19.2 Å². The van der Waals surface area contributed by atoms with Crippen LogP contribution < -0.4 is 21.0 Å². The summed E-state index contributed by atoms with van der Waals surface area (Å²) in [6, 6.07) is 5.62. The van der Waals surface area contributed by atoms with E-state index in [0.717, 1.165) is 16.9 Å². The number of aliphatic hydroxyl groups excluding tert-OH is 2. The number of benzene rings is 1. The lowest BCUT2D eigenvalue weighted by molar-refractivity contribution is 0.0527. The summed E-state index contributed by atoms with van der Waals surface area (Å²) in [5.41, 5.74) is -0.971. The second kappa shape index (κ2) is 8.29. The molecule has 2 heterocycles. The summed E-state index contributed by atoms with van der Waals surface area (Å²) in [6.07, 6.45) is -0.155. The minimum absolute atomic E-state index is 0.0176. The Balaban J connectivity index is 2.14. The summed E-state index contributed by atoms with van der Waals surface area (Å²) in [7, 11) is 1.43. The number of rotatable bonds is 6. The number of halogens is 2. The number of fused-ring (bicyclic) bond motifs is 1. The average molecular weight is 502 g/mol. The molecule has 148 valence electrons. The van der Waals surface area contributed by atoms with E-state index < -0.39 is 29.5 Å². The molecule has 3 rings (SSSR count). The second-order valence-corrected chi connectivity index (χ2v) is 7.21. The minimum atomic E-state index is -1.17. The molecule has 0 fully saturated rings. The van der Waals surface area contributed by atoms with Crippen molar-refractivity contribution in [1.82, 2.24) is 4.57 Å². The lowest BCUT2D eigenvalue weighted by atomic mass is 10.2. The van der Waals surface area contributed by atoms with Crippen molar-refractivity contribution >= 4 is 45.1 Å². The zero-order chi connectivity index (χ0) is 20.4. The first-order chi connectivity index (χ1) is 13.3. The van der Waals surface area contributed by atoms with Crippen molar-refractivity contribution in [2.75, 3.05) is 18.5 Å².